The van der Waals surface area contributed by atoms with E-state index in [0.717, 1.165) is 18.9 Å². The van der Waals surface area contributed by atoms with Crippen LogP contribution in [0.5, 0.6) is 0 Å². The van der Waals surface area contributed by atoms with Gasteiger partial charge in [0.05, 0.1) is 11.1 Å². The highest BCUT2D eigenvalue weighted by Gasteiger charge is 2.22. The SMILES string of the molecule is O=C(O)c1cc(C(=O)O)cc(N2CCCCC2=O)c1. The van der Waals surface area contributed by atoms with Gasteiger partial charge in [0.1, 0.15) is 0 Å². The summed E-state index contributed by atoms with van der Waals surface area (Å²) >= 11 is 0. The van der Waals surface area contributed by atoms with Crippen LogP contribution in [0, 0.1) is 0 Å². The average Bonchev–Trinajstić information content (AvgIpc) is 2.38. The number of carbonyl (C=O) groups is 3. The van der Waals surface area contributed by atoms with Crippen LogP contribution < -0.4 is 4.90 Å². The zero-order valence-electron chi connectivity index (χ0n) is 10.1. The second-order valence-electron chi connectivity index (χ2n) is 4.38. The first-order valence-corrected chi connectivity index (χ1v) is 5.91. The number of piperidine rings is 1. The maximum atomic E-state index is 11.8. The Hall–Kier alpha value is -2.37. The summed E-state index contributed by atoms with van der Waals surface area (Å²) in [5.41, 5.74) is 0.0727. The maximum absolute atomic E-state index is 11.8. The van der Waals surface area contributed by atoms with Crippen LogP contribution in [0.3, 0.4) is 0 Å². The topological polar surface area (TPSA) is 94.9 Å². The normalized spacial score (nSPS) is 15.4. The number of amides is 1. The highest BCUT2D eigenvalue weighted by atomic mass is 16.4. The lowest BCUT2D eigenvalue weighted by Gasteiger charge is -2.27. The van der Waals surface area contributed by atoms with Gasteiger partial charge in [0.15, 0.2) is 0 Å². The Morgan fingerprint density at radius 1 is 1.00 bits per heavy atom. The number of carbonyl (C=O) groups excluding carboxylic acids is 1. The van der Waals surface area contributed by atoms with E-state index in [-0.39, 0.29) is 17.0 Å². The van der Waals surface area contributed by atoms with Crippen LogP contribution in [0.1, 0.15) is 40.0 Å². The summed E-state index contributed by atoms with van der Waals surface area (Å²) < 4.78 is 0. The Kier molecular flexibility index (Phi) is 3.50. The third-order valence-electron chi connectivity index (χ3n) is 3.05. The standard InChI is InChI=1S/C13H13NO5/c15-11-3-1-2-4-14(11)10-6-8(12(16)17)5-9(7-10)13(18)19/h5-7H,1-4H2,(H,16,17)(H,18,19). The van der Waals surface area contributed by atoms with E-state index in [0.29, 0.717) is 18.7 Å². The van der Waals surface area contributed by atoms with E-state index < -0.39 is 11.9 Å². The smallest absolute Gasteiger partial charge is 0.335 e. The second kappa shape index (κ2) is 5.09. The average molecular weight is 263 g/mol. The maximum Gasteiger partial charge on any atom is 0.335 e. The number of carboxylic acid groups (broad SMARTS) is 2. The summed E-state index contributed by atoms with van der Waals surface area (Å²) in [5.74, 6) is -2.53. The molecule has 1 aliphatic heterocycles. The molecule has 2 N–H and O–H groups in total. The Balaban J connectivity index is 2.46. The molecular weight excluding hydrogens is 250 g/mol. The van der Waals surface area contributed by atoms with Gasteiger partial charge < -0.3 is 15.1 Å². The van der Waals surface area contributed by atoms with Crippen LogP contribution in [-0.4, -0.2) is 34.6 Å². The highest BCUT2D eigenvalue weighted by molar-refractivity contribution is 5.99. The molecule has 1 heterocycles. The van der Waals surface area contributed by atoms with Crippen molar-refractivity contribution in [3.05, 3.63) is 29.3 Å². The first kappa shape index (κ1) is 13.1. The number of aromatic carboxylic acids is 2. The fraction of sp³-hybridized carbons (Fsp3) is 0.308. The van der Waals surface area contributed by atoms with E-state index in [2.05, 4.69) is 0 Å². The van der Waals surface area contributed by atoms with E-state index in [4.69, 9.17) is 10.2 Å². The molecule has 6 nitrogen and oxygen atoms in total. The predicted octanol–water partition coefficient (Wildman–Crippen LogP) is 1.60. The lowest BCUT2D eigenvalue weighted by Crippen LogP contribution is -2.35. The molecule has 0 radical (unpaired) electrons. The van der Waals surface area contributed by atoms with Crippen molar-refractivity contribution in [1.29, 1.82) is 0 Å². The summed E-state index contributed by atoms with van der Waals surface area (Å²) in [6, 6.07) is 3.75. The number of hydrogen-bond acceptors (Lipinski definition) is 3. The molecule has 0 unspecified atom stereocenters. The molecule has 0 bridgehead atoms. The molecule has 1 aromatic carbocycles. The molecule has 1 aromatic rings. The number of carboxylic acids is 2. The fourth-order valence-corrected chi connectivity index (χ4v) is 2.09. The summed E-state index contributed by atoms with van der Waals surface area (Å²) in [6.07, 6.45) is 2.03. The Labute approximate surface area is 109 Å². The zero-order valence-corrected chi connectivity index (χ0v) is 10.1. The Bertz CT molecular complexity index is 520. The van der Waals surface area contributed by atoms with Gasteiger partial charge in [0.25, 0.3) is 0 Å². The van der Waals surface area contributed by atoms with E-state index in [1.165, 1.54) is 17.0 Å². The van der Waals surface area contributed by atoms with E-state index in [1.807, 2.05) is 0 Å². The molecule has 1 saturated heterocycles. The van der Waals surface area contributed by atoms with Gasteiger partial charge in [-0.1, -0.05) is 0 Å². The molecule has 19 heavy (non-hydrogen) atoms. The lowest BCUT2D eigenvalue weighted by atomic mass is 10.1. The molecule has 6 heteroatoms. The van der Waals surface area contributed by atoms with Gasteiger partial charge in [0.2, 0.25) is 5.91 Å². The van der Waals surface area contributed by atoms with Gasteiger partial charge in [0, 0.05) is 18.7 Å². The third-order valence-corrected chi connectivity index (χ3v) is 3.05. The van der Waals surface area contributed by atoms with Crippen LogP contribution in [-0.2, 0) is 4.79 Å². The molecule has 0 saturated carbocycles. The van der Waals surface area contributed by atoms with Crippen molar-refractivity contribution in [3.63, 3.8) is 0 Å². The lowest BCUT2D eigenvalue weighted by molar-refractivity contribution is -0.119. The number of anilines is 1. The van der Waals surface area contributed by atoms with Crippen LogP contribution in [0.4, 0.5) is 5.69 Å². The Morgan fingerprint density at radius 3 is 2.05 bits per heavy atom. The van der Waals surface area contributed by atoms with Crippen molar-refractivity contribution in [2.24, 2.45) is 0 Å². The molecule has 1 fully saturated rings. The van der Waals surface area contributed by atoms with Gasteiger partial charge >= 0.3 is 11.9 Å². The summed E-state index contributed by atoms with van der Waals surface area (Å²) in [6.45, 7) is 0.487. The Morgan fingerprint density at radius 2 is 1.58 bits per heavy atom. The van der Waals surface area contributed by atoms with Gasteiger partial charge in [-0.3, -0.25) is 4.79 Å². The number of hydrogen-bond donors (Lipinski definition) is 2. The number of rotatable bonds is 3. The predicted molar refractivity (Wildman–Crippen MR) is 66.6 cm³/mol. The highest BCUT2D eigenvalue weighted by Crippen LogP contribution is 2.24. The van der Waals surface area contributed by atoms with E-state index in [1.54, 1.807) is 0 Å². The molecule has 1 aliphatic rings. The fourth-order valence-electron chi connectivity index (χ4n) is 2.09. The monoisotopic (exact) mass is 263 g/mol. The van der Waals surface area contributed by atoms with Crippen LogP contribution >= 0.6 is 0 Å². The van der Waals surface area contributed by atoms with Crippen LogP contribution in [0.15, 0.2) is 18.2 Å². The van der Waals surface area contributed by atoms with Gasteiger partial charge in [-0.25, -0.2) is 9.59 Å². The largest absolute Gasteiger partial charge is 0.478 e. The molecule has 2 rings (SSSR count). The van der Waals surface area contributed by atoms with E-state index >= 15 is 0 Å². The van der Waals surface area contributed by atoms with Crippen LogP contribution in [0.25, 0.3) is 0 Å². The summed E-state index contributed by atoms with van der Waals surface area (Å²) in [5, 5.41) is 18.0. The minimum Gasteiger partial charge on any atom is -0.478 e. The molecule has 0 atom stereocenters. The minimum atomic E-state index is -1.21. The van der Waals surface area contributed by atoms with Crippen LogP contribution in [0.2, 0.25) is 0 Å². The number of nitrogens with zero attached hydrogens (tertiary/aromatic N) is 1. The van der Waals surface area contributed by atoms with Crippen molar-refractivity contribution in [2.75, 3.05) is 11.4 Å². The van der Waals surface area contributed by atoms with Gasteiger partial charge in [-0.2, -0.15) is 0 Å². The molecule has 0 aromatic heterocycles. The number of benzene rings is 1. The zero-order chi connectivity index (χ0) is 14.0. The second-order valence-corrected chi connectivity index (χ2v) is 4.38. The van der Waals surface area contributed by atoms with E-state index in [9.17, 15) is 14.4 Å². The van der Waals surface area contributed by atoms with Crippen molar-refractivity contribution in [1.82, 2.24) is 0 Å². The molecular formula is C13H13NO5. The first-order chi connectivity index (χ1) is 8.99. The molecule has 1 amide bonds. The van der Waals surface area contributed by atoms with Gasteiger partial charge in [-0.05, 0) is 31.0 Å². The minimum absolute atomic E-state index is 0.106. The molecule has 0 spiro atoms. The summed E-state index contributed by atoms with van der Waals surface area (Å²) in [4.78, 5) is 35.2. The van der Waals surface area contributed by atoms with Crippen molar-refractivity contribution in [3.8, 4) is 0 Å². The first-order valence-electron chi connectivity index (χ1n) is 5.91. The quantitative estimate of drug-likeness (QED) is 0.863. The van der Waals surface area contributed by atoms with Crippen molar-refractivity contribution >= 4 is 23.5 Å². The molecule has 0 aliphatic carbocycles. The summed E-state index contributed by atoms with van der Waals surface area (Å²) in [7, 11) is 0. The molecule has 100 valence electrons. The van der Waals surface area contributed by atoms with Crippen molar-refractivity contribution in [2.45, 2.75) is 19.3 Å². The third kappa shape index (κ3) is 2.73. The van der Waals surface area contributed by atoms with Crippen molar-refractivity contribution < 1.29 is 24.6 Å². The van der Waals surface area contributed by atoms with Gasteiger partial charge in [-0.15, -0.1) is 0 Å².